The minimum Gasteiger partial charge on any atom is -0.326 e. The van der Waals surface area contributed by atoms with Crippen molar-refractivity contribution in [2.75, 3.05) is 24.6 Å². The molecular formula is C12H19N3OS. The maximum atomic E-state index is 11.4. The zero-order valence-corrected chi connectivity index (χ0v) is 10.9. The molecule has 0 amide bonds. The van der Waals surface area contributed by atoms with Gasteiger partial charge >= 0.3 is 0 Å². The highest BCUT2D eigenvalue weighted by atomic mass is 32.2. The van der Waals surface area contributed by atoms with Gasteiger partial charge in [0.2, 0.25) is 0 Å². The van der Waals surface area contributed by atoms with Gasteiger partial charge in [-0.25, -0.2) is 0 Å². The molecule has 0 saturated carbocycles. The zero-order chi connectivity index (χ0) is 12.3. The fourth-order valence-electron chi connectivity index (χ4n) is 2.34. The molecule has 5 heteroatoms. The quantitative estimate of drug-likeness (QED) is 0.854. The van der Waals surface area contributed by atoms with E-state index in [1.54, 1.807) is 12.4 Å². The fourth-order valence-corrected chi connectivity index (χ4v) is 3.42. The van der Waals surface area contributed by atoms with Crippen molar-refractivity contribution < 1.29 is 4.21 Å². The van der Waals surface area contributed by atoms with Crippen LogP contribution in [-0.2, 0) is 10.8 Å². The number of nitrogens with zero attached hydrogens (tertiary/aromatic N) is 2. The summed E-state index contributed by atoms with van der Waals surface area (Å²) in [5.41, 5.74) is 7.29. The molecule has 2 atom stereocenters. The van der Waals surface area contributed by atoms with Crippen LogP contribution in [0, 0.1) is 0 Å². The minimum absolute atomic E-state index is 0.0592. The molecule has 2 heterocycles. The van der Waals surface area contributed by atoms with Crippen molar-refractivity contribution in [3.8, 4) is 0 Å². The first-order valence-electron chi connectivity index (χ1n) is 5.93. The lowest BCUT2D eigenvalue weighted by Crippen LogP contribution is -2.46. The molecule has 2 rings (SSSR count). The van der Waals surface area contributed by atoms with Crippen molar-refractivity contribution >= 4 is 10.8 Å². The van der Waals surface area contributed by atoms with Crippen molar-refractivity contribution in [3.63, 3.8) is 0 Å². The molecule has 0 aliphatic carbocycles. The van der Waals surface area contributed by atoms with E-state index < -0.39 is 10.8 Å². The molecule has 2 N–H and O–H groups in total. The average molecular weight is 253 g/mol. The van der Waals surface area contributed by atoms with E-state index >= 15 is 0 Å². The highest BCUT2D eigenvalue weighted by molar-refractivity contribution is 7.85. The van der Waals surface area contributed by atoms with Gasteiger partial charge in [-0.3, -0.25) is 14.1 Å². The molecule has 0 spiro atoms. The van der Waals surface area contributed by atoms with E-state index in [1.165, 1.54) is 5.56 Å². The van der Waals surface area contributed by atoms with Crippen LogP contribution in [0.4, 0.5) is 0 Å². The van der Waals surface area contributed by atoms with E-state index in [2.05, 4.69) is 9.88 Å². The Morgan fingerprint density at radius 3 is 2.47 bits per heavy atom. The lowest BCUT2D eigenvalue weighted by atomic mass is 10.0. The summed E-state index contributed by atoms with van der Waals surface area (Å²) in [5.74, 6) is 1.52. The number of nitrogens with two attached hydrogens (primary N) is 1. The van der Waals surface area contributed by atoms with Crippen LogP contribution in [0.15, 0.2) is 24.5 Å². The number of hydrogen-bond donors (Lipinski definition) is 1. The van der Waals surface area contributed by atoms with Gasteiger partial charge in [0, 0.05) is 59.9 Å². The Morgan fingerprint density at radius 1 is 1.35 bits per heavy atom. The molecule has 17 heavy (non-hydrogen) atoms. The van der Waals surface area contributed by atoms with Gasteiger partial charge in [0.05, 0.1) is 0 Å². The molecule has 94 valence electrons. The third-order valence-corrected chi connectivity index (χ3v) is 4.43. The molecule has 1 aromatic heterocycles. The number of hydrogen-bond acceptors (Lipinski definition) is 4. The predicted molar refractivity (Wildman–Crippen MR) is 70.1 cm³/mol. The molecule has 0 aromatic carbocycles. The first-order chi connectivity index (χ1) is 8.18. The van der Waals surface area contributed by atoms with Crippen molar-refractivity contribution in [1.82, 2.24) is 9.88 Å². The molecular weight excluding hydrogens is 234 g/mol. The smallest absolute Gasteiger partial charge is 0.0498 e. The van der Waals surface area contributed by atoms with Gasteiger partial charge in [-0.15, -0.1) is 0 Å². The lowest BCUT2D eigenvalue weighted by Gasteiger charge is -2.36. The molecule has 0 radical (unpaired) electrons. The Kier molecular flexibility index (Phi) is 4.25. The molecule has 1 aliphatic heterocycles. The third-order valence-electron chi connectivity index (χ3n) is 3.15. The van der Waals surface area contributed by atoms with Gasteiger partial charge in [-0.2, -0.15) is 0 Å². The first kappa shape index (κ1) is 12.7. The highest BCUT2D eigenvalue weighted by Gasteiger charge is 2.26. The summed E-state index contributed by atoms with van der Waals surface area (Å²) >= 11 is 0. The highest BCUT2D eigenvalue weighted by Crippen LogP contribution is 2.24. The van der Waals surface area contributed by atoms with Crippen molar-refractivity contribution in [2.24, 2.45) is 5.73 Å². The molecule has 1 fully saturated rings. The second-order valence-electron chi connectivity index (χ2n) is 4.47. The van der Waals surface area contributed by atoms with E-state index in [4.69, 9.17) is 5.73 Å². The fraction of sp³-hybridized carbons (Fsp3) is 0.583. The summed E-state index contributed by atoms with van der Waals surface area (Å²) in [6.45, 7) is 3.75. The zero-order valence-electron chi connectivity index (χ0n) is 10.1. The van der Waals surface area contributed by atoms with Crippen LogP contribution in [0.1, 0.15) is 18.5 Å². The van der Waals surface area contributed by atoms with E-state index in [1.807, 2.05) is 19.1 Å². The van der Waals surface area contributed by atoms with Gasteiger partial charge in [0.15, 0.2) is 0 Å². The largest absolute Gasteiger partial charge is 0.326 e. The second-order valence-corrected chi connectivity index (χ2v) is 6.16. The maximum absolute atomic E-state index is 11.4. The SMILES string of the molecule is CC(N)C(c1ccncc1)N1CCS(=O)CC1. The molecule has 0 bridgehead atoms. The van der Waals surface area contributed by atoms with Crippen LogP contribution in [0.5, 0.6) is 0 Å². The van der Waals surface area contributed by atoms with Gasteiger partial charge < -0.3 is 5.73 Å². The maximum Gasteiger partial charge on any atom is 0.0498 e. The summed E-state index contributed by atoms with van der Waals surface area (Å²) in [4.78, 5) is 6.37. The second kappa shape index (κ2) is 5.71. The standard InChI is InChI=1S/C12H19N3OS/c1-10(13)12(11-2-4-14-5-3-11)15-6-8-17(16)9-7-15/h2-5,10,12H,6-9,13H2,1H3. The molecule has 1 saturated heterocycles. The Balaban J connectivity index is 2.15. The topological polar surface area (TPSA) is 59.2 Å². The first-order valence-corrected chi connectivity index (χ1v) is 7.42. The van der Waals surface area contributed by atoms with Gasteiger partial charge in [-0.1, -0.05) is 0 Å². The Hall–Kier alpha value is -0.780. The molecule has 1 aliphatic rings. The van der Waals surface area contributed by atoms with Crippen LogP contribution >= 0.6 is 0 Å². The number of rotatable bonds is 3. The Labute approximate surface area is 105 Å². The van der Waals surface area contributed by atoms with Crippen LogP contribution in [0.25, 0.3) is 0 Å². The summed E-state index contributed by atoms with van der Waals surface area (Å²) in [5, 5.41) is 0. The summed E-state index contributed by atoms with van der Waals surface area (Å²) in [7, 11) is -0.642. The van der Waals surface area contributed by atoms with Crippen LogP contribution < -0.4 is 5.73 Å². The van der Waals surface area contributed by atoms with Crippen molar-refractivity contribution in [2.45, 2.75) is 19.0 Å². The molecule has 2 unspecified atom stereocenters. The van der Waals surface area contributed by atoms with Crippen LogP contribution in [-0.4, -0.2) is 44.7 Å². The molecule has 1 aromatic rings. The van der Waals surface area contributed by atoms with E-state index in [0.29, 0.717) is 0 Å². The number of aromatic nitrogens is 1. The van der Waals surface area contributed by atoms with Crippen molar-refractivity contribution in [1.29, 1.82) is 0 Å². The third kappa shape index (κ3) is 3.12. The lowest BCUT2D eigenvalue weighted by molar-refractivity contribution is 0.193. The summed E-state index contributed by atoms with van der Waals surface area (Å²) in [6, 6.07) is 4.29. The van der Waals surface area contributed by atoms with E-state index in [9.17, 15) is 4.21 Å². The Morgan fingerprint density at radius 2 is 1.94 bits per heavy atom. The van der Waals surface area contributed by atoms with E-state index in [-0.39, 0.29) is 12.1 Å². The number of pyridine rings is 1. The normalized spacial score (nSPS) is 22.2. The van der Waals surface area contributed by atoms with Gasteiger partial charge in [0.25, 0.3) is 0 Å². The van der Waals surface area contributed by atoms with Crippen molar-refractivity contribution in [3.05, 3.63) is 30.1 Å². The summed E-state index contributed by atoms with van der Waals surface area (Å²) < 4.78 is 11.4. The minimum atomic E-state index is -0.642. The van der Waals surface area contributed by atoms with Gasteiger partial charge in [-0.05, 0) is 24.6 Å². The average Bonchev–Trinajstić information content (AvgIpc) is 2.33. The van der Waals surface area contributed by atoms with Crippen LogP contribution in [0.3, 0.4) is 0 Å². The predicted octanol–water partition coefficient (Wildman–Crippen LogP) is 0.534. The van der Waals surface area contributed by atoms with Crippen LogP contribution in [0.2, 0.25) is 0 Å². The van der Waals surface area contributed by atoms with E-state index in [0.717, 1.165) is 24.6 Å². The summed E-state index contributed by atoms with van der Waals surface area (Å²) in [6.07, 6.45) is 3.60. The Bertz CT molecular complexity index is 373. The van der Waals surface area contributed by atoms with Gasteiger partial charge in [0.1, 0.15) is 0 Å². The molecule has 4 nitrogen and oxygen atoms in total. The monoisotopic (exact) mass is 253 g/mol.